The van der Waals surface area contributed by atoms with E-state index in [9.17, 15) is 4.79 Å². The molecule has 2 N–H and O–H groups in total. The van der Waals surface area contributed by atoms with Crippen molar-refractivity contribution in [2.45, 2.75) is 51.2 Å². The maximum atomic E-state index is 12.6. The lowest BCUT2D eigenvalue weighted by Gasteiger charge is -2.31. The number of para-hydroxylation sites is 1. The molecule has 33 heavy (non-hydrogen) atoms. The second-order valence-electron chi connectivity index (χ2n) is 9.89. The topological polar surface area (TPSA) is 51.4 Å². The molecule has 0 radical (unpaired) electrons. The normalized spacial score (nSPS) is 20.4. The Bertz CT molecular complexity index is 1040. The Balaban J connectivity index is 0.997. The van der Waals surface area contributed by atoms with Crippen LogP contribution in [0.5, 0.6) is 0 Å². The average molecular weight is 445 g/mol. The van der Waals surface area contributed by atoms with E-state index in [0.717, 1.165) is 52.1 Å². The summed E-state index contributed by atoms with van der Waals surface area (Å²) in [7, 11) is 0. The van der Waals surface area contributed by atoms with Crippen molar-refractivity contribution in [1.29, 1.82) is 0 Å². The van der Waals surface area contributed by atoms with Crippen molar-refractivity contribution < 1.29 is 4.79 Å². The maximum absolute atomic E-state index is 12.6. The van der Waals surface area contributed by atoms with Crippen molar-refractivity contribution in [3.05, 3.63) is 71.9 Å². The summed E-state index contributed by atoms with van der Waals surface area (Å²) in [5, 5.41) is 4.63. The van der Waals surface area contributed by atoms with Gasteiger partial charge < -0.3 is 10.3 Å². The Morgan fingerprint density at radius 3 is 2.52 bits per heavy atom. The van der Waals surface area contributed by atoms with Crippen LogP contribution in [0.2, 0.25) is 0 Å². The van der Waals surface area contributed by atoms with Gasteiger partial charge in [-0.3, -0.25) is 14.6 Å². The zero-order valence-corrected chi connectivity index (χ0v) is 19.5. The Morgan fingerprint density at radius 1 is 0.909 bits per heavy atom. The summed E-state index contributed by atoms with van der Waals surface area (Å²) in [5.74, 6) is 0.913. The number of amides is 1. The number of nitrogens with zero attached hydrogens (tertiary/aromatic N) is 2. The molecule has 5 rings (SSSR count). The van der Waals surface area contributed by atoms with Crippen molar-refractivity contribution in [2.75, 3.05) is 26.2 Å². The highest BCUT2D eigenvalue weighted by atomic mass is 16.1. The number of rotatable bonds is 8. The maximum Gasteiger partial charge on any atom is 0.220 e. The number of piperidine rings is 1. The third-order valence-electron chi connectivity index (χ3n) is 7.44. The van der Waals surface area contributed by atoms with Gasteiger partial charge in [0.05, 0.1) is 0 Å². The van der Waals surface area contributed by atoms with Crippen molar-refractivity contribution in [3.63, 3.8) is 0 Å². The highest BCUT2D eigenvalue weighted by Gasteiger charge is 2.25. The smallest absolute Gasteiger partial charge is 0.220 e. The van der Waals surface area contributed by atoms with Crippen LogP contribution in [0, 0.1) is 5.92 Å². The minimum Gasteiger partial charge on any atom is -0.361 e. The van der Waals surface area contributed by atoms with E-state index in [1.807, 2.05) is 0 Å². The molecule has 2 aliphatic rings. The fourth-order valence-electron chi connectivity index (χ4n) is 5.51. The zero-order valence-electron chi connectivity index (χ0n) is 19.5. The predicted molar refractivity (Wildman–Crippen MR) is 134 cm³/mol. The van der Waals surface area contributed by atoms with Crippen LogP contribution in [0.15, 0.2) is 60.8 Å². The molecule has 0 spiro atoms. The predicted octanol–water partition coefficient (Wildman–Crippen LogP) is 4.55. The lowest BCUT2D eigenvalue weighted by atomic mass is 9.91. The molecule has 5 nitrogen and oxygen atoms in total. The molecule has 3 heterocycles. The number of aromatic nitrogens is 1. The summed E-state index contributed by atoms with van der Waals surface area (Å²) in [6, 6.07) is 19.5. The first kappa shape index (κ1) is 22.2. The van der Waals surface area contributed by atoms with Gasteiger partial charge in [-0.25, -0.2) is 0 Å². The second kappa shape index (κ2) is 10.5. The van der Waals surface area contributed by atoms with Gasteiger partial charge in [-0.15, -0.1) is 0 Å². The molecule has 0 bridgehead atoms. The van der Waals surface area contributed by atoms with Gasteiger partial charge in [-0.1, -0.05) is 48.5 Å². The quantitative estimate of drug-likeness (QED) is 0.536. The van der Waals surface area contributed by atoms with Gasteiger partial charge in [0, 0.05) is 55.7 Å². The van der Waals surface area contributed by atoms with Gasteiger partial charge in [-0.2, -0.15) is 0 Å². The van der Waals surface area contributed by atoms with Crippen molar-refractivity contribution in [3.8, 4) is 0 Å². The van der Waals surface area contributed by atoms with Crippen LogP contribution in [-0.2, 0) is 17.9 Å². The Kier molecular flexibility index (Phi) is 7.08. The molecular formula is C28H36N4O. The first-order valence-electron chi connectivity index (χ1n) is 12.6. The van der Waals surface area contributed by atoms with E-state index < -0.39 is 0 Å². The van der Waals surface area contributed by atoms with Crippen LogP contribution in [0.4, 0.5) is 0 Å². The number of aromatic amines is 1. The first-order chi connectivity index (χ1) is 16.2. The summed E-state index contributed by atoms with van der Waals surface area (Å²) >= 11 is 0. The number of fused-ring (bicyclic) bond motifs is 1. The van der Waals surface area contributed by atoms with Crippen LogP contribution in [-0.4, -0.2) is 52.9 Å². The molecule has 1 aromatic heterocycles. The van der Waals surface area contributed by atoms with E-state index in [4.69, 9.17) is 0 Å². The number of benzene rings is 2. The average Bonchev–Trinajstić information content (AvgIpc) is 3.46. The molecule has 2 aliphatic heterocycles. The monoisotopic (exact) mass is 444 g/mol. The van der Waals surface area contributed by atoms with Gasteiger partial charge in [0.15, 0.2) is 0 Å². The fraction of sp³-hybridized carbons (Fsp3) is 0.464. The fourth-order valence-corrected chi connectivity index (χ4v) is 5.51. The molecular weight excluding hydrogens is 408 g/mol. The molecule has 174 valence electrons. The Morgan fingerprint density at radius 2 is 1.67 bits per heavy atom. The van der Waals surface area contributed by atoms with Gasteiger partial charge in [0.1, 0.15) is 0 Å². The highest BCUT2D eigenvalue weighted by Crippen LogP contribution is 2.25. The number of carbonyl (C=O) groups is 1. The minimum atomic E-state index is 0.239. The standard InChI is InChI=1S/C28H36N4O/c33-28(30-25-14-17-32(21-25)19-23-6-2-1-3-7-23)11-10-22-12-15-31(16-13-22)20-24-18-29-27-9-5-4-8-26(24)27/h1-9,18,22,25,29H,10-17,19-21H2,(H,30,33)/t25-/m1/s1. The SMILES string of the molecule is O=C(CCC1CCN(Cc2c[nH]c3ccccc23)CC1)N[C@@H]1CCN(Cc2ccccc2)C1. The molecule has 0 unspecified atom stereocenters. The number of nitrogens with one attached hydrogen (secondary N) is 2. The van der Waals surface area contributed by atoms with Crippen LogP contribution in [0.1, 0.15) is 43.2 Å². The summed E-state index contributed by atoms with van der Waals surface area (Å²) in [4.78, 5) is 21.0. The van der Waals surface area contributed by atoms with E-state index in [1.165, 1.54) is 34.9 Å². The van der Waals surface area contributed by atoms with Crippen molar-refractivity contribution in [1.82, 2.24) is 20.1 Å². The summed E-state index contributed by atoms with van der Waals surface area (Å²) in [6.45, 7) is 6.27. The largest absolute Gasteiger partial charge is 0.361 e. The molecule has 2 fully saturated rings. The lowest BCUT2D eigenvalue weighted by Crippen LogP contribution is -2.37. The summed E-state index contributed by atoms with van der Waals surface area (Å²) in [5.41, 5.74) is 3.96. The van der Waals surface area contributed by atoms with E-state index >= 15 is 0 Å². The number of carbonyl (C=O) groups excluding carboxylic acids is 1. The van der Waals surface area contributed by atoms with Crippen LogP contribution >= 0.6 is 0 Å². The zero-order chi connectivity index (χ0) is 22.5. The van der Waals surface area contributed by atoms with Gasteiger partial charge >= 0.3 is 0 Å². The van der Waals surface area contributed by atoms with E-state index in [1.54, 1.807) is 0 Å². The molecule has 0 saturated carbocycles. The molecule has 2 saturated heterocycles. The molecule has 5 heteroatoms. The third-order valence-corrected chi connectivity index (χ3v) is 7.44. The van der Waals surface area contributed by atoms with Gasteiger partial charge in [0.25, 0.3) is 0 Å². The van der Waals surface area contributed by atoms with Crippen LogP contribution < -0.4 is 5.32 Å². The third kappa shape index (κ3) is 5.84. The number of hydrogen-bond donors (Lipinski definition) is 2. The van der Waals surface area contributed by atoms with E-state index in [2.05, 4.69) is 80.9 Å². The molecule has 2 aromatic carbocycles. The number of hydrogen-bond acceptors (Lipinski definition) is 3. The lowest BCUT2D eigenvalue weighted by molar-refractivity contribution is -0.122. The minimum absolute atomic E-state index is 0.239. The molecule has 3 aromatic rings. The van der Waals surface area contributed by atoms with Crippen molar-refractivity contribution >= 4 is 16.8 Å². The van der Waals surface area contributed by atoms with Gasteiger partial charge in [-0.05, 0) is 61.9 Å². The van der Waals surface area contributed by atoms with E-state index in [-0.39, 0.29) is 5.91 Å². The van der Waals surface area contributed by atoms with Gasteiger partial charge in [0.2, 0.25) is 5.91 Å². The second-order valence-corrected chi connectivity index (χ2v) is 9.89. The van der Waals surface area contributed by atoms with Crippen LogP contribution in [0.3, 0.4) is 0 Å². The van der Waals surface area contributed by atoms with Crippen molar-refractivity contribution in [2.24, 2.45) is 5.92 Å². The van der Waals surface area contributed by atoms with E-state index in [0.29, 0.717) is 18.4 Å². The Labute approximate surface area is 197 Å². The number of likely N-dealkylation sites (tertiary alicyclic amines) is 2. The Hall–Kier alpha value is -2.63. The summed E-state index contributed by atoms with van der Waals surface area (Å²) in [6.07, 6.45) is 7.30. The first-order valence-corrected chi connectivity index (χ1v) is 12.6. The van der Waals surface area contributed by atoms with Crippen LogP contribution in [0.25, 0.3) is 10.9 Å². The molecule has 1 amide bonds. The number of H-pyrrole nitrogens is 1. The molecule has 0 aliphatic carbocycles. The summed E-state index contributed by atoms with van der Waals surface area (Å²) < 4.78 is 0. The molecule has 1 atom stereocenters. The highest BCUT2D eigenvalue weighted by molar-refractivity contribution is 5.83.